The second-order valence-corrected chi connectivity index (χ2v) is 3.89. The van der Waals surface area contributed by atoms with Crippen LogP contribution in [0.15, 0.2) is 12.2 Å². The molecule has 0 aromatic rings. The first kappa shape index (κ1) is 10.7. The van der Waals surface area contributed by atoms with Crippen molar-refractivity contribution in [3.8, 4) is 0 Å². The topological polar surface area (TPSA) is 26.0 Å². The summed E-state index contributed by atoms with van der Waals surface area (Å²) in [5.74, 6) is 0.770. The molecule has 0 aliphatic rings. The molecule has 0 aliphatic carbocycles. The largest absolute Gasteiger partial charge is 0.327 e. The van der Waals surface area contributed by atoms with Crippen LogP contribution in [0.5, 0.6) is 0 Å². The van der Waals surface area contributed by atoms with Crippen LogP contribution in [0.3, 0.4) is 0 Å². The van der Waals surface area contributed by atoms with Crippen molar-refractivity contribution in [2.24, 2.45) is 11.7 Å². The summed E-state index contributed by atoms with van der Waals surface area (Å²) in [7, 11) is 0. The Bertz CT molecular complexity index is 116. The van der Waals surface area contributed by atoms with Crippen molar-refractivity contribution < 1.29 is 0 Å². The van der Waals surface area contributed by atoms with E-state index in [0.717, 1.165) is 18.8 Å². The first-order chi connectivity index (χ1) is 5.02. The maximum absolute atomic E-state index is 5.86. The summed E-state index contributed by atoms with van der Waals surface area (Å²) in [5.41, 5.74) is 7.06. The molecule has 0 bridgehead atoms. The Hall–Kier alpha value is -0.300. The predicted octanol–water partition coefficient (Wildman–Crippen LogP) is 2.72. The zero-order valence-corrected chi connectivity index (χ0v) is 8.06. The summed E-state index contributed by atoms with van der Waals surface area (Å²) in [5, 5.41) is 0. The van der Waals surface area contributed by atoms with E-state index in [-0.39, 0.29) is 0 Å². The molecule has 0 aliphatic heterocycles. The van der Waals surface area contributed by atoms with E-state index in [0.29, 0.717) is 6.04 Å². The lowest BCUT2D eigenvalue weighted by Gasteiger charge is -2.12. The smallest absolute Gasteiger partial charge is 0.00759 e. The second-order valence-electron chi connectivity index (χ2n) is 3.89. The summed E-state index contributed by atoms with van der Waals surface area (Å²) >= 11 is 0. The van der Waals surface area contributed by atoms with Gasteiger partial charge in [-0.05, 0) is 32.1 Å². The standard InChI is InChI=1S/C10H21N/c1-8(2)5-6-10(11)7-9(3)4/h8,10H,3,5-7,11H2,1-2,4H3. The molecule has 0 aromatic carbocycles. The van der Waals surface area contributed by atoms with E-state index < -0.39 is 0 Å². The first-order valence-electron chi connectivity index (χ1n) is 4.42. The van der Waals surface area contributed by atoms with Gasteiger partial charge in [0, 0.05) is 6.04 Å². The molecular formula is C10H21N. The second kappa shape index (κ2) is 5.36. The van der Waals surface area contributed by atoms with Crippen LogP contribution in [0.2, 0.25) is 0 Å². The van der Waals surface area contributed by atoms with Gasteiger partial charge >= 0.3 is 0 Å². The molecule has 66 valence electrons. The van der Waals surface area contributed by atoms with Gasteiger partial charge in [0.25, 0.3) is 0 Å². The maximum Gasteiger partial charge on any atom is 0.00759 e. The van der Waals surface area contributed by atoms with Crippen LogP contribution in [-0.4, -0.2) is 6.04 Å². The zero-order valence-electron chi connectivity index (χ0n) is 8.06. The van der Waals surface area contributed by atoms with Gasteiger partial charge in [0.1, 0.15) is 0 Å². The monoisotopic (exact) mass is 155 g/mol. The van der Waals surface area contributed by atoms with E-state index >= 15 is 0 Å². The van der Waals surface area contributed by atoms with Gasteiger partial charge < -0.3 is 5.73 Å². The fraction of sp³-hybridized carbons (Fsp3) is 0.800. The van der Waals surface area contributed by atoms with Crippen molar-refractivity contribution in [3.63, 3.8) is 0 Å². The van der Waals surface area contributed by atoms with Crippen molar-refractivity contribution in [1.82, 2.24) is 0 Å². The Kier molecular flexibility index (Phi) is 5.22. The Balaban J connectivity index is 3.37. The highest BCUT2D eigenvalue weighted by Gasteiger charge is 2.03. The Morgan fingerprint density at radius 2 is 1.91 bits per heavy atom. The van der Waals surface area contributed by atoms with Crippen LogP contribution in [0.25, 0.3) is 0 Å². The van der Waals surface area contributed by atoms with Crippen LogP contribution in [0.4, 0.5) is 0 Å². The third-order valence-electron chi connectivity index (χ3n) is 1.73. The molecule has 0 saturated carbocycles. The first-order valence-corrected chi connectivity index (χ1v) is 4.42. The highest BCUT2D eigenvalue weighted by atomic mass is 14.6. The van der Waals surface area contributed by atoms with Crippen LogP contribution in [0.1, 0.15) is 40.0 Å². The summed E-state index contributed by atoms with van der Waals surface area (Å²) in [6, 6.07) is 0.329. The van der Waals surface area contributed by atoms with E-state index in [4.69, 9.17) is 5.73 Å². The summed E-state index contributed by atoms with van der Waals surface area (Å²) in [6.07, 6.45) is 3.34. The van der Waals surface area contributed by atoms with Crippen LogP contribution < -0.4 is 5.73 Å². The fourth-order valence-corrected chi connectivity index (χ4v) is 1.10. The van der Waals surface area contributed by atoms with Gasteiger partial charge in [-0.1, -0.05) is 19.4 Å². The molecule has 1 atom stereocenters. The number of nitrogens with two attached hydrogens (primary N) is 1. The molecule has 0 heterocycles. The van der Waals surface area contributed by atoms with Gasteiger partial charge in [-0.3, -0.25) is 0 Å². The lowest BCUT2D eigenvalue weighted by molar-refractivity contribution is 0.494. The van der Waals surface area contributed by atoms with E-state index in [1.165, 1.54) is 12.0 Å². The van der Waals surface area contributed by atoms with Crippen molar-refractivity contribution in [2.45, 2.75) is 46.1 Å². The minimum Gasteiger partial charge on any atom is -0.327 e. The Morgan fingerprint density at radius 1 is 1.36 bits per heavy atom. The molecule has 11 heavy (non-hydrogen) atoms. The Morgan fingerprint density at radius 3 is 2.27 bits per heavy atom. The molecule has 2 N–H and O–H groups in total. The number of hydrogen-bond acceptors (Lipinski definition) is 1. The normalized spacial score (nSPS) is 13.5. The number of hydrogen-bond donors (Lipinski definition) is 1. The molecule has 0 rings (SSSR count). The van der Waals surface area contributed by atoms with E-state index in [1.807, 2.05) is 6.92 Å². The molecule has 0 aromatic heterocycles. The Labute approximate surface area is 70.7 Å². The van der Waals surface area contributed by atoms with Crippen molar-refractivity contribution in [2.75, 3.05) is 0 Å². The minimum absolute atomic E-state index is 0.329. The highest BCUT2D eigenvalue weighted by molar-refractivity contribution is 4.91. The SMILES string of the molecule is C=C(C)CC(N)CCC(C)C. The lowest BCUT2D eigenvalue weighted by Crippen LogP contribution is -2.20. The average molecular weight is 155 g/mol. The quantitative estimate of drug-likeness (QED) is 0.607. The van der Waals surface area contributed by atoms with Gasteiger partial charge in [-0.25, -0.2) is 0 Å². The van der Waals surface area contributed by atoms with Crippen LogP contribution in [0, 0.1) is 5.92 Å². The van der Waals surface area contributed by atoms with E-state index in [1.54, 1.807) is 0 Å². The zero-order chi connectivity index (χ0) is 8.85. The third-order valence-corrected chi connectivity index (χ3v) is 1.73. The molecular weight excluding hydrogens is 134 g/mol. The van der Waals surface area contributed by atoms with Crippen molar-refractivity contribution in [1.29, 1.82) is 0 Å². The molecule has 1 nitrogen and oxygen atoms in total. The molecule has 1 heteroatoms. The van der Waals surface area contributed by atoms with Gasteiger partial charge in [0.05, 0.1) is 0 Å². The van der Waals surface area contributed by atoms with E-state index in [2.05, 4.69) is 20.4 Å². The van der Waals surface area contributed by atoms with Gasteiger partial charge in [-0.15, -0.1) is 6.58 Å². The molecule has 1 unspecified atom stereocenters. The van der Waals surface area contributed by atoms with Gasteiger partial charge in [-0.2, -0.15) is 0 Å². The van der Waals surface area contributed by atoms with Crippen LogP contribution >= 0.6 is 0 Å². The third kappa shape index (κ3) is 7.60. The summed E-state index contributed by atoms with van der Waals surface area (Å²) < 4.78 is 0. The van der Waals surface area contributed by atoms with E-state index in [9.17, 15) is 0 Å². The predicted molar refractivity (Wildman–Crippen MR) is 51.5 cm³/mol. The van der Waals surface area contributed by atoms with Crippen molar-refractivity contribution >= 4 is 0 Å². The lowest BCUT2D eigenvalue weighted by atomic mass is 10.00. The molecule has 0 spiro atoms. The minimum atomic E-state index is 0.329. The van der Waals surface area contributed by atoms with Gasteiger partial charge in [0.15, 0.2) is 0 Å². The molecule has 0 fully saturated rings. The molecule has 0 amide bonds. The molecule has 0 saturated heterocycles. The average Bonchev–Trinajstić information content (AvgIpc) is 1.82. The number of rotatable bonds is 5. The maximum atomic E-state index is 5.86. The highest BCUT2D eigenvalue weighted by Crippen LogP contribution is 2.10. The summed E-state index contributed by atoms with van der Waals surface area (Å²) in [6.45, 7) is 10.3. The fourth-order valence-electron chi connectivity index (χ4n) is 1.10. The van der Waals surface area contributed by atoms with Gasteiger partial charge in [0.2, 0.25) is 0 Å². The summed E-state index contributed by atoms with van der Waals surface area (Å²) in [4.78, 5) is 0. The van der Waals surface area contributed by atoms with Crippen molar-refractivity contribution in [3.05, 3.63) is 12.2 Å². The van der Waals surface area contributed by atoms with Crippen LogP contribution in [-0.2, 0) is 0 Å². The molecule has 0 radical (unpaired) electrons.